The van der Waals surface area contributed by atoms with E-state index in [2.05, 4.69) is 5.32 Å². The number of nitrogens with zero attached hydrogens (tertiary/aromatic N) is 2. The highest BCUT2D eigenvalue weighted by Gasteiger charge is 2.55. The Bertz CT molecular complexity index is 658. The molecule has 2 heterocycles. The number of ether oxygens (including phenoxy) is 2. The Kier molecular flexibility index (Phi) is 5.92. The van der Waals surface area contributed by atoms with E-state index in [1.807, 2.05) is 20.8 Å². The largest absolute Gasteiger partial charge is 0.454 e. The third kappa shape index (κ3) is 3.99. The number of imide groups is 1. The van der Waals surface area contributed by atoms with Crippen molar-refractivity contribution in [1.82, 2.24) is 15.1 Å². The summed E-state index contributed by atoms with van der Waals surface area (Å²) in [7, 11) is 0. The molecule has 0 radical (unpaired) electrons. The van der Waals surface area contributed by atoms with Crippen LogP contribution in [0.25, 0.3) is 0 Å². The van der Waals surface area contributed by atoms with Crippen molar-refractivity contribution < 1.29 is 28.7 Å². The van der Waals surface area contributed by atoms with Gasteiger partial charge in [0.1, 0.15) is 12.1 Å². The first-order valence-electron chi connectivity index (χ1n) is 9.96. The number of morpholine rings is 1. The van der Waals surface area contributed by atoms with Crippen molar-refractivity contribution in [3.63, 3.8) is 0 Å². The van der Waals surface area contributed by atoms with E-state index in [1.54, 1.807) is 4.90 Å². The Morgan fingerprint density at radius 1 is 1.18 bits per heavy atom. The highest BCUT2D eigenvalue weighted by molar-refractivity contribution is 6.09. The minimum absolute atomic E-state index is 0.0191. The normalized spacial score (nSPS) is 33.2. The van der Waals surface area contributed by atoms with Crippen LogP contribution in [0.1, 0.15) is 46.5 Å². The molecule has 1 saturated carbocycles. The number of rotatable bonds is 4. The molecule has 1 aliphatic carbocycles. The lowest BCUT2D eigenvalue weighted by atomic mass is 9.73. The number of urea groups is 1. The van der Waals surface area contributed by atoms with Gasteiger partial charge >= 0.3 is 12.0 Å². The van der Waals surface area contributed by atoms with E-state index in [-0.39, 0.29) is 29.9 Å². The van der Waals surface area contributed by atoms with Gasteiger partial charge in [0.2, 0.25) is 0 Å². The van der Waals surface area contributed by atoms with Gasteiger partial charge in [0.05, 0.1) is 12.2 Å². The maximum absolute atomic E-state index is 12.8. The van der Waals surface area contributed by atoms with Gasteiger partial charge in [-0.2, -0.15) is 0 Å². The summed E-state index contributed by atoms with van der Waals surface area (Å²) in [6.45, 7) is 5.68. The number of esters is 1. The second-order valence-corrected chi connectivity index (χ2v) is 8.16. The van der Waals surface area contributed by atoms with E-state index in [0.29, 0.717) is 19.5 Å². The van der Waals surface area contributed by atoms with E-state index < -0.39 is 30.7 Å². The molecule has 4 amide bonds. The summed E-state index contributed by atoms with van der Waals surface area (Å²) < 4.78 is 10.6. The second-order valence-electron chi connectivity index (χ2n) is 8.16. The zero-order valence-electron chi connectivity index (χ0n) is 16.7. The minimum Gasteiger partial charge on any atom is -0.454 e. The fourth-order valence-electron chi connectivity index (χ4n) is 4.43. The predicted octanol–water partition coefficient (Wildman–Crippen LogP) is 0.666. The van der Waals surface area contributed by atoms with Gasteiger partial charge in [0.25, 0.3) is 11.8 Å². The average Bonchev–Trinajstić information content (AvgIpc) is 2.86. The van der Waals surface area contributed by atoms with Crippen molar-refractivity contribution in [2.45, 2.75) is 64.2 Å². The highest BCUT2D eigenvalue weighted by Crippen LogP contribution is 2.38. The molecule has 0 aromatic rings. The van der Waals surface area contributed by atoms with Crippen LogP contribution >= 0.6 is 0 Å². The molecule has 9 nitrogen and oxygen atoms in total. The zero-order chi connectivity index (χ0) is 20.5. The molecule has 0 aromatic heterocycles. The third-order valence-corrected chi connectivity index (χ3v) is 5.92. The van der Waals surface area contributed by atoms with Gasteiger partial charge in [0, 0.05) is 13.1 Å². The van der Waals surface area contributed by atoms with E-state index in [9.17, 15) is 19.2 Å². The standard InChI is InChI=1S/C19H29N3O6/c1-12-6-4-5-7-19(12)17(25)22(18(26)20-19)10-16(24)27-11-15(23)21-8-13(2)28-14(3)9-21/h12-14H,4-11H2,1-3H3,(H,20,26)/t12-,13-,14+,19+/m1/s1. The Labute approximate surface area is 164 Å². The average molecular weight is 395 g/mol. The zero-order valence-corrected chi connectivity index (χ0v) is 16.7. The number of carbonyl (C=O) groups is 4. The highest BCUT2D eigenvalue weighted by atomic mass is 16.5. The number of nitrogens with one attached hydrogen (secondary N) is 1. The van der Waals surface area contributed by atoms with Crippen molar-refractivity contribution in [2.24, 2.45) is 5.92 Å². The molecular formula is C19H29N3O6. The van der Waals surface area contributed by atoms with Crippen LogP contribution in [0.3, 0.4) is 0 Å². The molecule has 0 unspecified atom stereocenters. The van der Waals surface area contributed by atoms with Gasteiger partial charge in [0.15, 0.2) is 6.61 Å². The Balaban J connectivity index is 1.53. The van der Waals surface area contributed by atoms with E-state index in [0.717, 1.165) is 24.2 Å². The fourth-order valence-corrected chi connectivity index (χ4v) is 4.43. The number of amides is 4. The van der Waals surface area contributed by atoms with Gasteiger partial charge in [-0.15, -0.1) is 0 Å². The van der Waals surface area contributed by atoms with Gasteiger partial charge in [-0.1, -0.05) is 19.8 Å². The lowest BCUT2D eigenvalue weighted by Crippen LogP contribution is -2.54. The molecule has 3 fully saturated rings. The molecule has 2 aliphatic heterocycles. The molecule has 1 N–H and O–H groups in total. The lowest BCUT2D eigenvalue weighted by Gasteiger charge is -2.36. The van der Waals surface area contributed by atoms with Crippen LogP contribution < -0.4 is 5.32 Å². The second kappa shape index (κ2) is 8.06. The van der Waals surface area contributed by atoms with Crippen LogP contribution in [-0.2, 0) is 23.9 Å². The molecular weight excluding hydrogens is 366 g/mol. The van der Waals surface area contributed by atoms with E-state index >= 15 is 0 Å². The first-order valence-corrected chi connectivity index (χ1v) is 9.96. The van der Waals surface area contributed by atoms with Gasteiger partial charge < -0.3 is 19.7 Å². The van der Waals surface area contributed by atoms with Crippen LogP contribution in [-0.4, -0.2) is 77.6 Å². The fraction of sp³-hybridized carbons (Fsp3) is 0.789. The van der Waals surface area contributed by atoms with Crippen LogP contribution in [0.2, 0.25) is 0 Å². The molecule has 4 atom stereocenters. The van der Waals surface area contributed by atoms with Crippen molar-refractivity contribution in [3.05, 3.63) is 0 Å². The lowest BCUT2D eigenvalue weighted by molar-refractivity contribution is -0.158. The summed E-state index contributed by atoms with van der Waals surface area (Å²) in [5.74, 6) is -1.44. The molecule has 28 heavy (non-hydrogen) atoms. The molecule has 0 aromatic carbocycles. The number of hydrogen-bond acceptors (Lipinski definition) is 6. The van der Waals surface area contributed by atoms with Gasteiger partial charge in [-0.3, -0.25) is 19.3 Å². The van der Waals surface area contributed by atoms with Crippen LogP contribution in [0.4, 0.5) is 4.79 Å². The summed E-state index contributed by atoms with van der Waals surface area (Å²) in [5, 5.41) is 2.79. The predicted molar refractivity (Wildman–Crippen MR) is 98.2 cm³/mol. The third-order valence-electron chi connectivity index (χ3n) is 5.92. The summed E-state index contributed by atoms with van der Waals surface area (Å²) in [4.78, 5) is 52.1. The first-order chi connectivity index (χ1) is 13.2. The van der Waals surface area contributed by atoms with Crippen LogP contribution in [0, 0.1) is 5.92 Å². The van der Waals surface area contributed by atoms with Crippen molar-refractivity contribution in [3.8, 4) is 0 Å². The molecule has 1 spiro atoms. The van der Waals surface area contributed by atoms with Crippen molar-refractivity contribution in [1.29, 1.82) is 0 Å². The van der Waals surface area contributed by atoms with Gasteiger partial charge in [-0.25, -0.2) is 4.79 Å². The number of carbonyl (C=O) groups excluding carboxylic acids is 4. The van der Waals surface area contributed by atoms with E-state index in [4.69, 9.17) is 9.47 Å². The molecule has 2 saturated heterocycles. The molecule has 156 valence electrons. The van der Waals surface area contributed by atoms with Gasteiger partial charge in [-0.05, 0) is 32.6 Å². The SMILES string of the molecule is C[C@@H]1CN(C(=O)COC(=O)CN2C(=O)N[C@]3(CCCC[C@H]3C)C2=O)C[C@H](C)O1. The maximum atomic E-state index is 12.8. The Morgan fingerprint density at radius 3 is 2.50 bits per heavy atom. The monoisotopic (exact) mass is 395 g/mol. The van der Waals surface area contributed by atoms with Crippen LogP contribution in [0.5, 0.6) is 0 Å². The Morgan fingerprint density at radius 2 is 1.86 bits per heavy atom. The molecule has 9 heteroatoms. The van der Waals surface area contributed by atoms with Crippen LogP contribution in [0.15, 0.2) is 0 Å². The molecule has 3 aliphatic rings. The minimum atomic E-state index is -0.911. The summed E-state index contributed by atoms with van der Waals surface area (Å²) in [6.07, 6.45) is 3.16. The summed E-state index contributed by atoms with van der Waals surface area (Å²) in [6, 6.07) is -0.571. The maximum Gasteiger partial charge on any atom is 0.326 e. The Hall–Kier alpha value is -2.16. The van der Waals surface area contributed by atoms with E-state index in [1.165, 1.54) is 0 Å². The summed E-state index contributed by atoms with van der Waals surface area (Å²) in [5.41, 5.74) is -0.911. The molecule has 3 rings (SSSR count). The number of hydrogen-bond donors (Lipinski definition) is 1. The van der Waals surface area contributed by atoms with Crippen molar-refractivity contribution >= 4 is 23.8 Å². The van der Waals surface area contributed by atoms with Crippen molar-refractivity contribution in [2.75, 3.05) is 26.2 Å². The molecule has 0 bridgehead atoms. The quantitative estimate of drug-likeness (QED) is 0.554. The first kappa shape index (κ1) is 20.6. The topological polar surface area (TPSA) is 105 Å². The smallest absolute Gasteiger partial charge is 0.326 e. The summed E-state index contributed by atoms with van der Waals surface area (Å²) >= 11 is 0.